The maximum Gasteiger partial charge on any atom is 0.221 e. The van der Waals surface area contributed by atoms with Crippen LogP contribution in [0.3, 0.4) is 0 Å². The zero-order valence-corrected chi connectivity index (χ0v) is 9.13. The van der Waals surface area contributed by atoms with Gasteiger partial charge in [0, 0.05) is 20.3 Å². The summed E-state index contributed by atoms with van der Waals surface area (Å²) in [6, 6.07) is 0. The Morgan fingerprint density at radius 3 is 1.00 bits per heavy atom. The molecule has 6 nitrogen and oxygen atoms in total. The van der Waals surface area contributed by atoms with Crippen LogP contribution in [0, 0.1) is 0 Å². The molecule has 0 aliphatic heterocycles. The van der Waals surface area contributed by atoms with Gasteiger partial charge in [0.05, 0.1) is 0 Å². The zero-order valence-electron chi connectivity index (χ0n) is 9.13. The van der Waals surface area contributed by atoms with Crippen LogP contribution < -0.4 is 0 Å². The highest BCUT2D eigenvalue weighted by atomic mass is 16.3. The van der Waals surface area contributed by atoms with Gasteiger partial charge in [-0.3, -0.25) is 0 Å². The highest BCUT2D eigenvalue weighted by Gasteiger charge is 1.34. The van der Waals surface area contributed by atoms with Gasteiger partial charge >= 0.3 is 0 Å². The Bertz CT molecular complexity index is 97.8. The van der Waals surface area contributed by atoms with Crippen LogP contribution in [0.5, 0.6) is 0 Å². The predicted molar refractivity (Wildman–Crippen MR) is 66.1 cm³/mol. The first kappa shape index (κ1) is 38.2. The van der Waals surface area contributed by atoms with Crippen molar-refractivity contribution in [2.24, 2.45) is 0 Å². The van der Waals surface area contributed by atoms with Gasteiger partial charge in [0.15, 0.2) is 0 Å². The Hall–Kier alpha value is -1.00. The van der Waals surface area contributed by atoms with Crippen LogP contribution in [0.25, 0.3) is 0 Å². The van der Waals surface area contributed by atoms with E-state index in [1.54, 1.807) is 13.8 Å². The lowest BCUT2D eigenvalue weighted by Gasteiger charge is -1.52. The summed E-state index contributed by atoms with van der Waals surface area (Å²) in [4.78, 5) is 17.2. The lowest BCUT2D eigenvalue weighted by Crippen LogP contribution is -1.57. The van der Waals surface area contributed by atoms with Crippen molar-refractivity contribution in [1.82, 2.24) is 0 Å². The normalized spacial score (nSPS) is 3.86. The van der Waals surface area contributed by atoms with Gasteiger partial charge in [-0.05, 0) is 13.8 Å². The minimum Gasteiger partial charge on any atom is -0.412 e. The number of aliphatic hydroxyl groups excluding tert-OH is 2. The smallest absolute Gasteiger partial charge is 0.221 e. The van der Waals surface area contributed by atoms with Crippen LogP contribution in [0.1, 0.15) is 34.8 Å². The van der Waals surface area contributed by atoms with Gasteiger partial charge in [-0.25, -0.2) is 9.59 Å². The van der Waals surface area contributed by atoms with Gasteiger partial charge in [-0.2, -0.15) is 0 Å². The van der Waals surface area contributed by atoms with E-state index in [4.69, 9.17) is 19.8 Å². The molecule has 0 unspecified atom stereocenters. The number of hydrogen-bond acceptors (Lipinski definition) is 4. The molecule has 0 spiro atoms. The molecule has 0 aromatic rings. The van der Waals surface area contributed by atoms with Gasteiger partial charge in [-0.1, -0.05) is 13.8 Å². The molecule has 0 fully saturated rings. The molecule has 0 amide bonds. The molecule has 0 aliphatic rings. The molecule has 14 heavy (non-hydrogen) atoms. The van der Waals surface area contributed by atoms with Crippen molar-refractivity contribution < 1.29 is 37.9 Å². The molecule has 0 rings (SSSR count). The summed E-state index contributed by atoms with van der Waals surface area (Å²) in [7, 11) is 0. The summed E-state index contributed by atoms with van der Waals surface area (Å²) >= 11 is 0. The molecule has 0 aromatic heterocycles. The Morgan fingerprint density at radius 1 is 0.929 bits per heavy atom. The first-order chi connectivity index (χ1) is 5.74. The van der Waals surface area contributed by atoms with Gasteiger partial charge in [0.2, 0.25) is 11.9 Å². The molecule has 6 heteroatoms. The van der Waals surface area contributed by atoms with E-state index >= 15 is 0 Å². The maximum atomic E-state index is 8.62. The van der Waals surface area contributed by atoms with E-state index in [1.807, 2.05) is 13.8 Å². The highest BCUT2D eigenvalue weighted by molar-refractivity contribution is 5.81. The molecule has 0 aromatic carbocycles. The molecule has 0 aliphatic carbocycles. The molecule has 6 N–H and O–H groups in total. The molecule has 0 heterocycles. The molecule has 0 radical (unpaired) electrons. The van der Waals surface area contributed by atoms with Crippen LogP contribution >= 0.6 is 0 Å². The Balaban J connectivity index is -0.00000000452. The van der Waals surface area contributed by atoms with Crippen molar-refractivity contribution in [3.8, 4) is 0 Å². The molecular weight excluding hydrogens is 192 g/mol. The molecule has 0 saturated carbocycles. The van der Waals surface area contributed by atoms with Crippen molar-refractivity contribution in [1.29, 1.82) is 0 Å². The Labute approximate surface area is 91.9 Å². The first-order valence-electron chi connectivity index (χ1n) is 3.70. The fraction of sp³-hybridized carbons (Fsp3) is 0.750. The molecular formula is C8H32O6. The quantitative estimate of drug-likeness (QED) is 0.550. The van der Waals surface area contributed by atoms with E-state index in [-0.39, 0.29) is 31.3 Å². The average molecular weight is 224 g/mol. The van der Waals surface area contributed by atoms with Crippen molar-refractivity contribution >= 4 is 11.9 Å². The van der Waals surface area contributed by atoms with Crippen molar-refractivity contribution in [3.63, 3.8) is 0 Å². The molecule has 100 valence electrons. The number of rotatable bonds is 0. The zero-order chi connectivity index (χ0) is 10.8. The molecule has 0 atom stereocenters. The van der Waals surface area contributed by atoms with E-state index < -0.39 is 0 Å². The van der Waals surface area contributed by atoms with Gasteiger partial charge in [-0.15, -0.1) is 0 Å². The second kappa shape index (κ2) is 161. The van der Waals surface area contributed by atoms with E-state index in [2.05, 4.69) is 0 Å². The predicted octanol–water partition coefficient (Wildman–Crippen LogP) is -0.190. The highest BCUT2D eigenvalue weighted by Crippen LogP contribution is 1.30. The summed E-state index contributed by atoms with van der Waals surface area (Å²) in [5.41, 5.74) is 0. The number of aliphatic hydroxyl groups is 2. The second-order valence-electron chi connectivity index (χ2n) is 0.837. The van der Waals surface area contributed by atoms with Crippen LogP contribution in [-0.2, 0) is 9.59 Å². The third kappa shape index (κ3) is 0. The lowest BCUT2D eigenvalue weighted by atomic mass is 10.9. The van der Waals surface area contributed by atoms with E-state index in [0.29, 0.717) is 0 Å². The lowest BCUT2D eigenvalue weighted by molar-refractivity contribution is 0.318. The summed E-state index contributed by atoms with van der Waals surface area (Å²) in [5, 5.41) is 15.1. The summed E-state index contributed by atoms with van der Waals surface area (Å²) < 4.78 is 0. The SMILES string of the molecule is CC.CCO.CCO.O.O.O=C=C=O.[HH].[HH].[HH].[HH].[HH]. The topological polar surface area (TPSA) is 138 Å². The van der Waals surface area contributed by atoms with Crippen LogP contribution in [0.15, 0.2) is 0 Å². The third-order valence-corrected chi connectivity index (χ3v) is 0.0417. The maximum absolute atomic E-state index is 8.62. The minimum atomic E-state index is 0. The second-order valence-corrected chi connectivity index (χ2v) is 0.837. The van der Waals surface area contributed by atoms with Gasteiger partial charge in [0.1, 0.15) is 0 Å². The first-order valence-corrected chi connectivity index (χ1v) is 3.70. The standard InChI is InChI=1S/C2O2.2C2H6O.C2H6.2H2O.5H2/c3-1-2-4;2*1-2-3;1-2;;;;;;;/h;2*3H,2H2,1H3;1-2H3;2*1H2;5*1H. The van der Waals surface area contributed by atoms with Crippen LogP contribution in [-0.4, -0.2) is 46.3 Å². The van der Waals surface area contributed by atoms with E-state index in [0.717, 1.165) is 11.9 Å². The summed E-state index contributed by atoms with van der Waals surface area (Å²) in [6.45, 7) is 7.86. The fourth-order valence-electron chi connectivity index (χ4n) is 0. The van der Waals surface area contributed by atoms with Crippen LogP contribution in [0.4, 0.5) is 0 Å². The van der Waals surface area contributed by atoms with E-state index in [9.17, 15) is 0 Å². The monoisotopic (exact) mass is 224 g/mol. The Kier molecular flexibility index (Phi) is 440. The molecule has 0 saturated heterocycles. The summed E-state index contributed by atoms with van der Waals surface area (Å²) in [5.74, 6) is 1.75. The largest absolute Gasteiger partial charge is 0.412 e. The van der Waals surface area contributed by atoms with Crippen LogP contribution in [0.2, 0.25) is 0 Å². The number of hydrogen-bond donors (Lipinski definition) is 2. The molecule has 0 bridgehead atoms. The summed E-state index contributed by atoms with van der Waals surface area (Å²) in [6.07, 6.45) is 0. The van der Waals surface area contributed by atoms with Gasteiger partial charge in [0.25, 0.3) is 0 Å². The number of carbonyl (C=O) groups excluding carboxylic acids is 2. The third-order valence-electron chi connectivity index (χ3n) is 0.0417. The fourth-order valence-corrected chi connectivity index (χ4v) is 0. The minimum absolute atomic E-state index is 0. The van der Waals surface area contributed by atoms with E-state index in [1.165, 1.54) is 0 Å². The van der Waals surface area contributed by atoms with Gasteiger partial charge < -0.3 is 21.2 Å². The Morgan fingerprint density at radius 2 is 1.00 bits per heavy atom. The average Bonchev–Trinajstić information content (AvgIpc) is 2.10. The van der Waals surface area contributed by atoms with Crippen molar-refractivity contribution in [2.75, 3.05) is 13.2 Å². The van der Waals surface area contributed by atoms with Crippen molar-refractivity contribution in [3.05, 3.63) is 0 Å². The van der Waals surface area contributed by atoms with Crippen molar-refractivity contribution in [2.45, 2.75) is 27.7 Å².